The zero-order chi connectivity index (χ0) is 13.1. The molecule has 6 nitrogen and oxygen atoms in total. The summed E-state index contributed by atoms with van der Waals surface area (Å²) in [5, 5.41) is 3.03. The van der Waals surface area contributed by atoms with Gasteiger partial charge in [-0.05, 0) is 33.0 Å². The van der Waals surface area contributed by atoms with Gasteiger partial charge < -0.3 is 11.1 Å². The number of aromatic nitrogens is 1. The third-order valence-corrected chi connectivity index (χ3v) is 3.44. The normalized spacial score (nSPS) is 12.5. The van der Waals surface area contributed by atoms with Gasteiger partial charge in [-0.3, -0.25) is 0 Å². The number of anilines is 1. The lowest BCUT2D eigenvalue weighted by Gasteiger charge is -2.19. The second-order valence-corrected chi connectivity index (χ2v) is 6.32. The Kier molecular flexibility index (Phi) is 4.07. The predicted molar refractivity (Wildman–Crippen MR) is 67.2 cm³/mol. The van der Waals surface area contributed by atoms with E-state index in [1.165, 1.54) is 19.3 Å². The first kappa shape index (κ1) is 13.9. The summed E-state index contributed by atoms with van der Waals surface area (Å²) in [6.45, 7) is 4.33. The summed E-state index contributed by atoms with van der Waals surface area (Å²) in [7, 11) is -2.06. The minimum atomic E-state index is -3.42. The first-order valence-corrected chi connectivity index (χ1v) is 6.65. The molecule has 0 bridgehead atoms. The fourth-order valence-electron chi connectivity index (χ4n) is 1.08. The van der Waals surface area contributed by atoms with E-state index in [1.54, 1.807) is 6.07 Å². The van der Waals surface area contributed by atoms with E-state index in [0.29, 0.717) is 12.4 Å². The van der Waals surface area contributed by atoms with Gasteiger partial charge in [0.1, 0.15) is 10.7 Å². The smallest absolute Gasteiger partial charge is 0.241 e. The van der Waals surface area contributed by atoms with E-state index in [2.05, 4.69) is 15.0 Å². The van der Waals surface area contributed by atoms with Gasteiger partial charge in [-0.1, -0.05) is 0 Å². The Morgan fingerprint density at radius 3 is 2.47 bits per heavy atom. The Morgan fingerprint density at radius 1 is 1.41 bits per heavy atom. The Balaban J connectivity index is 2.76. The highest BCUT2D eigenvalue weighted by atomic mass is 32.2. The molecule has 17 heavy (non-hydrogen) atoms. The second kappa shape index (κ2) is 4.99. The van der Waals surface area contributed by atoms with Crippen LogP contribution in [-0.2, 0) is 10.0 Å². The summed E-state index contributed by atoms with van der Waals surface area (Å²) in [6, 6.07) is 3.10. The zero-order valence-electron chi connectivity index (χ0n) is 10.2. The van der Waals surface area contributed by atoms with Gasteiger partial charge in [-0.15, -0.1) is 0 Å². The summed E-state index contributed by atoms with van der Waals surface area (Å²) in [5.74, 6) is 0.596. The van der Waals surface area contributed by atoms with Crippen LogP contribution in [0.5, 0.6) is 0 Å². The van der Waals surface area contributed by atoms with Gasteiger partial charge in [0.05, 0.1) is 0 Å². The molecule has 0 aliphatic carbocycles. The maximum atomic E-state index is 11.4. The molecule has 0 aromatic carbocycles. The van der Waals surface area contributed by atoms with Crippen LogP contribution >= 0.6 is 0 Å². The first-order valence-electron chi connectivity index (χ1n) is 5.17. The van der Waals surface area contributed by atoms with Crippen LogP contribution in [0.4, 0.5) is 5.82 Å². The van der Waals surface area contributed by atoms with Crippen LogP contribution in [0, 0.1) is 0 Å². The van der Waals surface area contributed by atoms with Crippen molar-refractivity contribution in [1.82, 2.24) is 9.71 Å². The Morgan fingerprint density at radius 2 is 2.06 bits per heavy atom. The standard InChI is InChI=1S/C10H18N4O2S/c1-10(2,11)7-14-9-5-4-8(6-13-9)17(15,16)12-3/h4-6,12H,7,11H2,1-3H3,(H,13,14). The largest absolute Gasteiger partial charge is 0.368 e. The Labute approximate surface area is 102 Å². The third kappa shape index (κ3) is 4.29. The molecule has 7 heteroatoms. The van der Waals surface area contributed by atoms with Crippen molar-refractivity contribution in [3.8, 4) is 0 Å². The lowest BCUT2D eigenvalue weighted by molar-refractivity contribution is 0.548. The van der Waals surface area contributed by atoms with E-state index in [-0.39, 0.29) is 10.4 Å². The fourth-order valence-corrected chi connectivity index (χ4v) is 1.75. The van der Waals surface area contributed by atoms with Crippen LogP contribution < -0.4 is 15.8 Å². The lowest BCUT2D eigenvalue weighted by Crippen LogP contribution is -2.39. The molecular weight excluding hydrogens is 240 g/mol. The number of rotatable bonds is 5. The van der Waals surface area contributed by atoms with Gasteiger partial charge in [0, 0.05) is 18.3 Å². The molecule has 0 saturated heterocycles. The minimum absolute atomic E-state index is 0.137. The van der Waals surface area contributed by atoms with E-state index >= 15 is 0 Å². The summed E-state index contributed by atoms with van der Waals surface area (Å²) >= 11 is 0. The highest BCUT2D eigenvalue weighted by molar-refractivity contribution is 7.89. The summed E-state index contributed by atoms with van der Waals surface area (Å²) in [4.78, 5) is 4.15. The molecule has 0 unspecified atom stereocenters. The molecular formula is C10H18N4O2S. The average Bonchev–Trinajstić information content (AvgIpc) is 2.26. The SMILES string of the molecule is CNS(=O)(=O)c1ccc(NCC(C)(C)N)nc1. The number of nitrogens with two attached hydrogens (primary N) is 1. The van der Waals surface area contributed by atoms with E-state index in [1.807, 2.05) is 13.8 Å². The van der Waals surface area contributed by atoms with E-state index < -0.39 is 10.0 Å². The lowest BCUT2D eigenvalue weighted by atomic mass is 10.1. The van der Waals surface area contributed by atoms with Crippen molar-refractivity contribution >= 4 is 15.8 Å². The Bertz CT molecular complexity index is 462. The van der Waals surface area contributed by atoms with Crippen LogP contribution in [-0.4, -0.2) is 32.5 Å². The number of hydrogen-bond donors (Lipinski definition) is 3. The van der Waals surface area contributed by atoms with Crippen molar-refractivity contribution in [2.45, 2.75) is 24.3 Å². The number of pyridine rings is 1. The minimum Gasteiger partial charge on any atom is -0.368 e. The fraction of sp³-hybridized carbons (Fsp3) is 0.500. The number of hydrogen-bond acceptors (Lipinski definition) is 5. The molecule has 1 aromatic heterocycles. The van der Waals surface area contributed by atoms with Crippen molar-refractivity contribution in [3.05, 3.63) is 18.3 Å². The van der Waals surface area contributed by atoms with Crippen molar-refractivity contribution in [1.29, 1.82) is 0 Å². The molecule has 0 fully saturated rings. The maximum Gasteiger partial charge on any atom is 0.241 e. The molecule has 1 rings (SSSR count). The van der Waals surface area contributed by atoms with Gasteiger partial charge in [0.2, 0.25) is 10.0 Å². The van der Waals surface area contributed by atoms with Gasteiger partial charge >= 0.3 is 0 Å². The highest BCUT2D eigenvalue weighted by Gasteiger charge is 2.13. The monoisotopic (exact) mass is 258 g/mol. The molecule has 0 saturated carbocycles. The van der Waals surface area contributed by atoms with Crippen molar-refractivity contribution in [2.24, 2.45) is 5.73 Å². The summed E-state index contributed by atoms with van der Waals surface area (Å²) in [5.41, 5.74) is 5.46. The van der Waals surface area contributed by atoms with Crippen molar-refractivity contribution < 1.29 is 8.42 Å². The van der Waals surface area contributed by atoms with Gasteiger partial charge in [0.15, 0.2) is 0 Å². The van der Waals surface area contributed by atoms with Crippen LogP contribution in [0.1, 0.15) is 13.8 Å². The highest BCUT2D eigenvalue weighted by Crippen LogP contribution is 2.10. The molecule has 1 aromatic rings. The molecule has 0 atom stereocenters. The van der Waals surface area contributed by atoms with Gasteiger partial charge in [-0.2, -0.15) is 0 Å². The molecule has 0 radical (unpaired) electrons. The second-order valence-electron chi connectivity index (χ2n) is 4.43. The zero-order valence-corrected chi connectivity index (χ0v) is 11.0. The molecule has 1 heterocycles. The third-order valence-electron chi connectivity index (χ3n) is 2.04. The summed E-state index contributed by atoms with van der Waals surface area (Å²) < 4.78 is 25.1. The topological polar surface area (TPSA) is 97.1 Å². The average molecular weight is 258 g/mol. The number of sulfonamides is 1. The maximum absolute atomic E-state index is 11.4. The predicted octanol–water partition coefficient (Wildman–Crippen LogP) is 0.139. The first-order chi connectivity index (χ1) is 7.74. The number of nitrogens with one attached hydrogen (secondary N) is 2. The molecule has 96 valence electrons. The number of nitrogens with zero attached hydrogens (tertiary/aromatic N) is 1. The van der Waals surface area contributed by atoms with Crippen LogP contribution in [0.15, 0.2) is 23.2 Å². The van der Waals surface area contributed by atoms with Crippen LogP contribution in [0.25, 0.3) is 0 Å². The van der Waals surface area contributed by atoms with E-state index in [9.17, 15) is 8.42 Å². The van der Waals surface area contributed by atoms with Crippen molar-refractivity contribution in [2.75, 3.05) is 18.9 Å². The van der Waals surface area contributed by atoms with E-state index in [0.717, 1.165) is 0 Å². The molecule has 0 spiro atoms. The van der Waals surface area contributed by atoms with Crippen LogP contribution in [0.3, 0.4) is 0 Å². The molecule has 4 N–H and O–H groups in total. The quantitative estimate of drug-likeness (QED) is 0.698. The summed E-state index contributed by atoms with van der Waals surface area (Å²) in [6.07, 6.45) is 1.30. The van der Waals surface area contributed by atoms with E-state index in [4.69, 9.17) is 5.73 Å². The van der Waals surface area contributed by atoms with Gasteiger partial charge in [0.25, 0.3) is 0 Å². The molecule has 0 amide bonds. The Hall–Kier alpha value is -1.18. The molecule has 0 aliphatic rings. The van der Waals surface area contributed by atoms with Crippen molar-refractivity contribution in [3.63, 3.8) is 0 Å². The van der Waals surface area contributed by atoms with Crippen LogP contribution in [0.2, 0.25) is 0 Å². The molecule has 0 aliphatic heterocycles. The van der Waals surface area contributed by atoms with Gasteiger partial charge in [-0.25, -0.2) is 18.1 Å².